The number of fused-ring (bicyclic) bond motifs is 7. The van der Waals surface area contributed by atoms with Crippen molar-refractivity contribution in [2.45, 2.75) is 36.1 Å². The van der Waals surface area contributed by atoms with E-state index in [1.54, 1.807) is 11.8 Å². The Kier molecular flexibility index (Phi) is 5.63. The highest BCUT2D eigenvalue weighted by molar-refractivity contribution is 7.99. The molecule has 2 aliphatic carbocycles. The largest absolute Gasteiger partial charge is 0.378 e. The van der Waals surface area contributed by atoms with Crippen molar-refractivity contribution in [3.63, 3.8) is 0 Å². The summed E-state index contributed by atoms with van der Waals surface area (Å²) in [5, 5.41) is 7.00. The van der Waals surface area contributed by atoms with E-state index in [0.717, 1.165) is 23.2 Å². The van der Waals surface area contributed by atoms with Crippen LogP contribution in [0.15, 0.2) is 83.8 Å². The van der Waals surface area contributed by atoms with Gasteiger partial charge >= 0.3 is 0 Å². The molecular formula is C29H30N2OS. The smallest absolute Gasteiger partial charge is 0.251 e. The Balaban J connectivity index is 1.19. The summed E-state index contributed by atoms with van der Waals surface area (Å²) < 4.78 is 0. The highest BCUT2D eigenvalue weighted by Gasteiger charge is 2.53. The highest BCUT2D eigenvalue weighted by Crippen LogP contribution is 2.63. The second kappa shape index (κ2) is 8.90. The molecule has 2 N–H and O–H groups in total. The molecule has 0 aromatic heterocycles. The predicted octanol–water partition coefficient (Wildman–Crippen LogP) is 6.51. The van der Waals surface area contributed by atoms with Gasteiger partial charge in [0.1, 0.15) is 0 Å². The topological polar surface area (TPSA) is 41.1 Å². The Labute approximate surface area is 200 Å². The lowest BCUT2D eigenvalue weighted by Crippen LogP contribution is -2.35. The average molecular weight is 455 g/mol. The van der Waals surface area contributed by atoms with E-state index in [2.05, 4.69) is 65.2 Å². The number of carbonyl (C=O) groups excluding carboxylic acids is 1. The molecule has 0 radical (unpaired) electrons. The molecule has 2 saturated carbocycles. The second-order valence-electron chi connectivity index (χ2n) is 9.69. The number of rotatable bonds is 6. The number of amides is 1. The normalized spacial score (nSPS) is 26.8. The summed E-state index contributed by atoms with van der Waals surface area (Å²) in [5.74, 6) is 3.64. The number of thioether (sulfide) groups is 1. The quantitative estimate of drug-likeness (QED) is 0.330. The van der Waals surface area contributed by atoms with Crippen molar-refractivity contribution in [2.75, 3.05) is 17.6 Å². The zero-order valence-electron chi connectivity index (χ0n) is 18.7. The van der Waals surface area contributed by atoms with Crippen molar-refractivity contribution in [3.05, 3.63) is 95.6 Å². The van der Waals surface area contributed by atoms with Gasteiger partial charge in [-0.2, -0.15) is 0 Å². The van der Waals surface area contributed by atoms with Gasteiger partial charge < -0.3 is 10.6 Å². The Morgan fingerprint density at radius 1 is 0.939 bits per heavy atom. The maximum absolute atomic E-state index is 12.9. The van der Waals surface area contributed by atoms with E-state index < -0.39 is 0 Å². The third-order valence-corrected chi connectivity index (χ3v) is 8.92. The molecule has 0 unspecified atom stereocenters. The van der Waals surface area contributed by atoms with Gasteiger partial charge in [0.25, 0.3) is 5.91 Å². The summed E-state index contributed by atoms with van der Waals surface area (Å²) in [6.45, 7) is 0.667. The number of hydrogen-bond acceptors (Lipinski definition) is 3. The van der Waals surface area contributed by atoms with Crippen LogP contribution in [-0.2, 0) is 0 Å². The van der Waals surface area contributed by atoms with Crippen LogP contribution in [0.1, 0.15) is 52.7 Å². The molecule has 1 heterocycles. The Morgan fingerprint density at radius 2 is 1.70 bits per heavy atom. The van der Waals surface area contributed by atoms with Crippen LogP contribution in [0.3, 0.4) is 0 Å². The third kappa shape index (κ3) is 3.95. The maximum atomic E-state index is 12.9. The molecule has 4 heteroatoms. The average Bonchev–Trinajstić information content (AvgIpc) is 3.50. The summed E-state index contributed by atoms with van der Waals surface area (Å²) in [6.07, 6.45) is 4.03. The van der Waals surface area contributed by atoms with E-state index in [-0.39, 0.29) is 5.91 Å². The first-order chi connectivity index (χ1) is 16.3. The lowest BCUT2D eigenvalue weighted by atomic mass is 9.68. The summed E-state index contributed by atoms with van der Waals surface area (Å²) in [5.41, 5.74) is 4.77. The molecule has 3 aromatic carbocycles. The van der Waals surface area contributed by atoms with Crippen molar-refractivity contribution < 1.29 is 4.79 Å². The number of nitrogens with one attached hydrogen (secondary N) is 2. The van der Waals surface area contributed by atoms with Gasteiger partial charge in [-0.1, -0.05) is 48.5 Å². The monoisotopic (exact) mass is 454 g/mol. The minimum atomic E-state index is 0.0383. The first-order valence-corrected chi connectivity index (χ1v) is 13.2. The van der Waals surface area contributed by atoms with Gasteiger partial charge in [-0.25, -0.2) is 0 Å². The molecule has 3 aromatic rings. The van der Waals surface area contributed by atoms with Crippen molar-refractivity contribution in [1.82, 2.24) is 5.32 Å². The van der Waals surface area contributed by atoms with Crippen LogP contribution in [0.5, 0.6) is 0 Å². The van der Waals surface area contributed by atoms with Crippen LogP contribution in [0, 0.1) is 17.8 Å². The molecule has 6 rings (SSSR count). The highest BCUT2D eigenvalue weighted by atomic mass is 32.2. The minimum Gasteiger partial charge on any atom is -0.378 e. The number of carbonyl (C=O) groups is 1. The molecule has 2 bridgehead atoms. The molecule has 1 aliphatic heterocycles. The number of anilines is 1. The second-order valence-corrected chi connectivity index (χ2v) is 10.9. The number of hydrogen-bond donors (Lipinski definition) is 2. The minimum absolute atomic E-state index is 0.0383. The van der Waals surface area contributed by atoms with E-state index in [4.69, 9.17) is 0 Å². The van der Waals surface area contributed by atoms with Crippen LogP contribution in [0.25, 0.3) is 0 Å². The summed E-state index contributed by atoms with van der Waals surface area (Å²) in [6, 6.07) is 28.0. The standard InChI is InChI=1S/C29H30N2OS/c32-29(30-15-16-33-23-9-5-2-6-10-23)22-13-14-25-24(18-22)26-20-11-12-21(17-20)27(26)28(31-25)19-7-3-1-4-8-19/h1-10,13-14,18,20-21,26-28,31H,11-12,15-17H2,(H,30,32)/t20-,21-,26-,27+,28+/m0/s1. The summed E-state index contributed by atoms with van der Waals surface area (Å²) in [4.78, 5) is 14.2. The van der Waals surface area contributed by atoms with Gasteiger partial charge in [0.15, 0.2) is 0 Å². The van der Waals surface area contributed by atoms with Gasteiger partial charge in [-0.3, -0.25) is 4.79 Å². The van der Waals surface area contributed by atoms with E-state index in [9.17, 15) is 4.79 Å². The van der Waals surface area contributed by atoms with E-state index >= 15 is 0 Å². The predicted molar refractivity (Wildman–Crippen MR) is 136 cm³/mol. The van der Waals surface area contributed by atoms with Gasteiger partial charge in [0.05, 0.1) is 6.04 Å². The molecule has 0 saturated heterocycles. The van der Waals surface area contributed by atoms with Crippen molar-refractivity contribution in [1.29, 1.82) is 0 Å². The SMILES string of the molecule is O=C(NCCSc1ccccc1)c1ccc2c(c1)[C@@H]1[C@H]3CC[C@@H](C3)[C@H]1[C@@H](c1ccccc1)N2. The van der Waals surface area contributed by atoms with E-state index in [1.165, 1.54) is 41.0 Å². The molecule has 0 spiro atoms. The zero-order valence-corrected chi connectivity index (χ0v) is 19.6. The molecule has 3 aliphatic rings. The molecule has 2 fully saturated rings. The number of benzene rings is 3. The maximum Gasteiger partial charge on any atom is 0.251 e. The molecular weight excluding hydrogens is 424 g/mol. The van der Waals surface area contributed by atoms with Gasteiger partial charge in [0, 0.05) is 28.4 Å². The van der Waals surface area contributed by atoms with E-state index in [0.29, 0.717) is 24.4 Å². The zero-order chi connectivity index (χ0) is 22.2. The van der Waals surface area contributed by atoms with Crippen molar-refractivity contribution in [3.8, 4) is 0 Å². The van der Waals surface area contributed by atoms with Crippen LogP contribution < -0.4 is 10.6 Å². The van der Waals surface area contributed by atoms with Crippen molar-refractivity contribution in [2.24, 2.45) is 17.8 Å². The van der Waals surface area contributed by atoms with Crippen LogP contribution in [-0.4, -0.2) is 18.2 Å². The lowest BCUT2D eigenvalue weighted by molar-refractivity contribution is 0.0956. The molecule has 5 atom stereocenters. The van der Waals surface area contributed by atoms with Crippen LogP contribution in [0.4, 0.5) is 5.69 Å². The van der Waals surface area contributed by atoms with E-state index in [1.807, 2.05) is 24.3 Å². The van der Waals surface area contributed by atoms with Gasteiger partial charge in [-0.05, 0) is 84.4 Å². The lowest BCUT2D eigenvalue weighted by Gasteiger charge is -2.43. The Bertz CT molecular complexity index is 1130. The molecule has 1 amide bonds. The molecule has 168 valence electrons. The Morgan fingerprint density at radius 3 is 2.52 bits per heavy atom. The fraction of sp³-hybridized carbons (Fsp3) is 0.345. The fourth-order valence-corrected chi connectivity index (χ4v) is 7.36. The first kappa shape index (κ1) is 20.9. The van der Waals surface area contributed by atoms with Crippen LogP contribution in [0.2, 0.25) is 0 Å². The molecule has 3 nitrogen and oxygen atoms in total. The molecule has 33 heavy (non-hydrogen) atoms. The fourth-order valence-electron chi connectivity index (χ4n) is 6.57. The summed E-state index contributed by atoms with van der Waals surface area (Å²) in [7, 11) is 0. The van der Waals surface area contributed by atoms with Gasteiger partial charge in [0.2, 0.25) is 0 Å². The van der Waals surface area contributed by atoms with Crippen molar-refractivity contribution >= 4 is 23.4 Å². The summed E-state index contributed by atoms with van der Waals surface area (Å²) >= 11 is 1.77. The Hall–Kier alpha value is -2.72. The third-order valence-electron chi connectivity index (χ3n) is 7.91. The van der Waals surface area contributed by atoms with Crippen LogP contribution >= 0.6 is 11.8 Å². The first-order valence-electron chi connectivity index (χ1n) is 12.2. The van der Waals surface area contributed by atoms with Gasteiger partial charge in [-0.15, -0.1) is 11.8 Å².